The zero-order valence-corrected chi connectivity index (χ0v) is 15.1. The Morgan fingerprint density at radius 2 is 1.46 bits per heavy atom. The highest BCUT2D eigenvalue weighted by Crippen LogP contribution is 2.18. The van der Waals surface area contributed by atoms with E-state index in [1.807, 2.05) is 31.5 Å². The van der Waals surface area contributed by atoms with Crippen LogP contribution in [0.5, 0.6) is 0 Å². The van der Waals surface area contributed by atoms with Crippen molar-refractivity contribution in [3.8, 4) is 0 Å². The third kappa shape index (κ3) is 3.21. The number of amides is 2. The van der Waals surface area contributed by atoms with Gasteiger partial charge in [0.1, 0.15) is 0 Å². The fourth-order valence-corrected chi connectivity index (χ4v) is 3.17. The van der Waals surface area contributed by atoms with Gasteiger partial charge in [0, 0.05) is 50.2 Å². The van der Waals surface area contributed by atoms with Crippen LogP contribution in [-0.2, 0) is 7.05 Å². The Kier molecular flexibility index (Phi) is 4.80. The van der Waals surface area contributed by atoms with Crippen LogP contribution in [0.15, 0.2) is 24.3 Å². The number of piperazine rings is 1. The molecule has 0 spiro atoms. The van der Waals surface area contributed by atoms with Crippen molar-refractivity contribution in [2.45, 2.75) is 13.8 Å². The number of aromatic nitrogens is 1. The molecule has 1 aromatic heterocycles. The average molecular weight is 361 g/mol. The lowest BCUT2D eigenvalue weighted by atomic mass is 10.1. The van der Waals surface area contributed by atoms with Crippen LogP contribution in [-0.4, -0.2) is 52.4 Å². The second-order valence-corrected chi connectivity index (χ2v) is 6.56. The van der Waals surface area contributed by atoms with Crippen LogP contribution < -0.4 is 0 Å². The third-order valence-corrected chi connectivity index (χ3v) is 5.03. The van der Waals surface area contributed by atoms with E-state index < -0.39 is 11.6 Å². The summed E-state index contributed by atoms with van der Waals surface area (Å²) < 4.78 is 28.3. The van der Waals surface area contributed by atoms with E-state index in [0.29, 0.717) is 31.7 Å². The van der Waals surface area contributed by atoms with Gasteiger partial charge in [-0.1, -0.05) is 0 Å². The molecule has 0 radical (unpaired) electrons. The van der Waals surface area contributed by atoms with Crippen molar-refractivity contribution in [3.05, 3.63) is 58.4 Å². The molecule has 1 fully saturated rings. The van der Waals surface area contributed by atoms with Gasteiger partial charge < -0.3 is 14.4 Å². The van der Waals surface area contributed by atoms with Crippen LogP contribution >= 0.6 is 0 Å². The Bertz CT molecular complexity index is 868. The molecule has 2 aromatic rings. The lowest BCUT2D eigenvalue weighted by Crippen LogP contribution is -2.50. The second-order valence-electron chi connectivity index (χ2n) is 6.56. The predicted octanol–water partition coefficient (Wildman–Crippen LogP) is 2.52. The van der Waals surface area contributed by atoms with E-state index >= 15 is 0 Å². The van der Waals surface area contributed by atoms with E-state index in [4.69, 9.17) is 0 Å². The molecule has 26 heavy (non-hydrogen) atoms. The third-order valence-electron chi connectivity index (χ3n) is 5.03. The SMILES string of the molecule is Cc1cc(C(=O)N2CCN(C(=O)c3ccc(F)c(F)c3)CC2)c(C)n1C. The molecule has 0 atom stereocenters. The Balaban J connectivity index is 1.66. The molecule has 0 saturated carbocycles. The first kappa shape index (κ1) is 18.1. The summed E-state index contributed by atoms with van der Waals surface area (Å²) in [5.74, 6) is -2.43. The van der Waals surface area contributed by atoms with Crippen molar-refractivity contribution < 1.29 is 18.4 Å². The predicted molar refractivity (Wildman–Crippen MR) is 93.1 cm³/mol. The van der Waals surface area contributed by atoms with E-state index in [1.54, 1.807) is 9.80 Å². The smallest absolute Gasteiger partial charge is 0.255 e. The Morgan fingerprint density at radius 1 is 0.885 bits per heavy atom. The van der Waals surface area contributed by atoms with Crippen LogP contribution in [0, 0.1) is 25.5 Å². The summed E-state index contributed by atoms with van der Waals surface area (Å²) >= 11 is 0. The van der Waals surface area contributed by atoms with E-state index in [1.165, 1.54) is 6.07 Å². The van der Waals surface area contributed by atoms with Gasteiger partial charge in [-0.2, -0.15) is 0 Å². The molecule has 0 unspecified atom stereocenters. The van der Waals surface area contributed by atoms with Gasteiger partial charge in [0.25, 0.3) is 11.8 Å². The van der Waals surface area contributed by atoms with Crippen molar-refractivity contribution in [2.75, 3.05) is 26.2 Å². The summed E-state index contributed by atoms with van der Waals surface area (Å²) in [6.07, 6.45) is 0. The number of nitrogens with zero attached hydrogens (tertiary/aromatic N) is 3. The molecule has 1 aliphatic rings. The van der Waals surface area contributed by atoms with Crippen LogP contribution in [0.2, 0.25) is 0 Å². The molecule has 1 saturated heterocycles. The zero-order chi connectivity index (χ0) is 19.0. The first-order chi connectivity index (χ1) is 12.3. The van der Waals surface area contributed by atoms with Gasteiger partial charge in [-0.05, 0) is 38.1 Å². The largest absolute Gasteiger partial charge is 0.351 e. The highest BCUT2D eigenvalue weighted by molar-refractivity contribution is 5.97. The molecule has 3 rings (SSSR count). The highest BCUT2D eigenvalue weighted by Gasteiger charge is 2.27. The number of hydrogen-bond donors (Lipinski definition) is 0. The van der Waals surface area contributed by atoms with Gasteiger partial charge in [-0.15, -0.1) is 0 Å². The van der Waals surface area contributed by atoms with Crippen LogP contribution in [0.25, 0.3) is 0 Å². The maximum atomic E-state index is 13.3. The fourth-order valence-electron chi connectivity index (χ4n) is 3.17. The van der Waals surface area contributed by atoms with Crippen molar-refractivity contribution in [1.82, 2.24) is 14.4 Å². The molecule has 2 heterocycles. The lowest BCUT2D eigenvalue weighted by Gasteiger charge is -2.34. The number of aryl methyl sites for hydroxylation is 1. The van der Waals surface area contributed by atoms with Gasteiger partial charge in [0.2, 0.25) is 0 Å². The molecule has 0 aliphatic carbocycles. The van der Waals surface area contributed by atoms with Crippen molar-refractivity contribution >= 4 is 11.8 Å². The molecule has 2 amide bonds. The summed E-state index contributed by atoms with van der Waals surface area (Å²) in [7, 11) is 1.92. The average Bonchev–Trinajstić information content (AvgIpc) is 2.90. The first-order valence-corrected chi connectivity index (χ1v) is 8.46. The zero-order valence-electron chi connectivity index (χ0n) is 15.1. The monoisotopic (exact) mass is 361 g/mol. The Labute approximate surface area is 150 Å². The summed E-state index contributed by atoms with van der Waals surface area (Å²) in [5.41, 5.74) is 2.70. The minimum absolute atomic E-state index is 0.0499. The summed E-state index contributed by atoms with van der Waals surface area (Å²) in [6.45, 7) is 5.37. The number of carbonyl (C=O) groups is 2. The van der Waals surface area contributed by atoms with Gasteiger partial charge in [-0.3, -0.25) is 9.59 Å². The van der Waals surface area contributed by atoms with Gasteiger partial charge in [0.15, 0.2) is 11.6 Å². The number of rotatable bonds is 2. The van der Waals surface area contributed by atoms with Crippen molar-refractivity contribution in [3.63, 3.8) is 0 Å². The van der Waals surface area contributed by atoms with Crippen molar-refractivity contribution in [2.24, 2.45) is 7.05 Å². The van der Waals surface area contributed by atoms with Crippen molar-refractivity contribution in [1.29, 1.82) is 0 Å². The van der Waals surface area contributed by atoms with Gasteiger partial charge >= 0.3 is 0 Å². The van der Waals surface area contributed by atoms with E-state index in [9.17, 15) is 18.4 Å². The lowest BCUT2D eigenvalue weighted by molar-refractivity contribution is 0.0534. The topological polar surface area (TPSA) is 45.6 Å². The minimum Gasteiger partial charge on any atom is -0.351 e. The van der Waals surface area contributed by atoms with Gasteiger partial charge in [0.05, 0.1) is 5.56 Å². The van der Waals surface area contributed by atoms with Gasteiger partial charge in [-0.25, -0.2) is 8.78 Å². The highest BCUT2D eigenvalue weighted by atomic mass is 19.2. The molecular weight excluding hydrogens is 340 g/mol. The summed E-state index contributed by atoms with van der Waals surface area (Å²) in [5, 5.41) is 0. The number of carbonyl (C=O) groups excluding carboxylic acids is 2. The van der Waals surface area contributed by atoms with Crippen LogP contribution in [0.1, 0.15) is 32.1 Å². The molecule has 0 bridgehead atoms. The normalized spacial score (nSPS) is 14.7. The summed E-state index contributed by atoms with van der Waals surface area (Å²) in [4.78, 5) is 28.4. The first-order valence-electron chi connectivity index (χ1n) is 8.46. The standard InChI is InChI=1S/C19H21F2N3O2/c1-12-10-15(13(2)22(12)3)19(26)24-8-6-23(7-9-24)18(25)14-4-5-16(20)17(21)11-14/h4-5,10-11H,6-9H2,1-3H3. The van der Waals surface area contributed by atoms with E-state index in [2.05, 4.69) is 0 Å². The van der Waals surface area contributed by atoms with E-state index in [0.717, 1.165) is 23.5 Å². The van der Waals surface area contributed by atoms with E-state index in [-0.39, 0.29) is 17.4 Å². The minimum atomic E-state index is -1.04. The van der Waals surface area contributed by atoms with Crippen LogP contribution in [0.3, 0.4) is 0 Å². The molecule has 7 heteroatoms. The molecule has 0 N–H and O–H groups in total. The second kappa shape index (κ2) is 6.90. The molecule has 1 aromatic carbocycles. The summed E-state index contributed by atoms with van der Waals surface area (Å²) in [6, 6.07) is 5.00. The Morgan fingerprint density at radius 3 is 1.96 bits per heavy atom. The maximum absolute atomic E-state index is 13.3. The molecule has 5 nitrogen and oxygen atoms in total. The molecule has 1 aliphatic heterocycles. The van der Waals surface area contributed by atoms with Crippen LogP contribution in [0.4, 0.5) is 8.78 Å². The molecular formula is C19H21F2N3O2. The molecule has 138 valence electrons. The quantitative estimate of drug-likeness (QED) is 0.825. The number of hydrogen-bond acceptors (Lipinski definition) is 2. The Hall–Kier alpha value is -2.70. The number of benzene rings is 1. The maximum Gasteiger partial charge on any atom is 0.255 e. The fraction of sp³-hybridized carbons (Fsp3) is 0.368. The number of halogens is 2.